The lowest BCUT2D eigenvalue weighted by atomic mass is 9.84. The number of amides is 1. The van der Waals surface area contributed by atoms with Gasteiger partial charge >= 0.3 is 11.9 Å². The number of anilines is 1. The highest BCUT2D eigenvalue weighted by Crippen LogP contribution is 2.39. The van der Waals surface area contributed by atoms with E-state index in [9.17, 15) is 14.4 Å². The van der Waals surface area contributed by atoms with Crippen LogP contribution in [0, 0.1) is 11.8 Å². The Labute approximate surface area is 221 Å². The standard InChI is InChI=1S/C27H43NO8Si/c1-16-17(2)25(35-19(4)29)26(34-18(16)3)36-22-11-10-21(28-23(30)12-13-24(31)32)14-20(22)15-33-37(8,9)27(5,6)7/h10-11,14,16-18,25-26H,12-13,15H2,1-9H3,(H,28,30)(H,31,32)/t16-,17?,18?,25-,26-/m0/s1. The third kappa shape index (κ3) is 8.54. The molecular weight excluding hydrogens is 494 g/mol. The third-order valence-electron chi connectivity index (χ3n) is 7.56. The number of aliphatic carboxylic acids is 1. The van der Waals surface area contributed by atoms with Gasteiger partial charge < -0.3 is 29.1 Å². The van der Waals surface area contributed by atoms with E-state index < -0.39 is 38.6 Å². The molecule has 2 N–H and O–H groups in total. The molecule has 2 rings (SSSR count). The number of hydrogen-bond donors (Lipinski definition) is 2. The quantitative estimate of drug-likeness (QED) is 0.303. The summed E-state index contributed by atoms with van der Waals surface area (Å²) in [7, 11) is -2.11. The van der Waals surface area contributed by atoms with Gasteiger partial charge in [-0.2, -0.15) is 0 Å². The van der Waals surface area contributed by atoms with Gasteiger partial charge in [0.1, 0.15) is 5.75 Å². The molecule has 2 unspecified atom stereocenters. The number of nitrogens with one attached hydrogen (secondary N) is 1. The minimum atomic E-state index is -2.11. The van der Waals surface area contributed by atoms with Gasteiger partial charge in [0, 0.05) is 30.5 Å². The highest BCUT2D eigenvalue weighted by Gasteiger charge is 2.43. The predicted molar refractivity (Wildman–Crippen MR) is 143 cm³/mol. The summed E-state index contributed by atoms with van der Waals surface area (Å²) >= 11 is 0. The smallest absolute Gasteiger partial charge is 0.303 e. The van der Waals surface area contributed by atoms with Crippen molar-refractivity contribution in [2.75, 3.05) is 5.32 Å². The molecule has 208 valence electrons. The zero-order chi connectivity index (χ0) is 28.1. The first-order valence-electron chi connectivity index (χ1n) is 12.8. The van der Waals surface area contributed by atoms with E-state index in [0.717, 1.165) is 0 Å². The molecule has 5 atom stereocenters. The number of ether oxygens (including phenoxy) is 3. The third-order valence-corrected chi connectivity index (χ3v) is 12.0. The number of carboxylic acid groups (broad SMARTS) is 1. The number of rotatable bonds is 10. The van der Waals surface area contributed by atoms with Crippen LogP contribution in [0.4, 0.5) is 5.69 Å². The Hall–Kier alpha value is -2.43. The summed E-state index contributed by atoms with van der Waals surface area (Å²) in [6.07, 6.45) is -1.88. The number of carbonyl (C=O) groups is 3. The van der Waals surface area contributed by atoms with Gasteiger partial charge in [-0.05, 0) is 49.2 Å². The van der Waals surface area contributed by atoms with E-state index in [1.165, 1.54) is 6.92 Å². The normalized spacial score (nSPS) is 24.3. The lowest BCUT2D eigenvalue weighted by Crippen LogP contribution is -2.52. The summed E-state index contributed by atoms with van der Waals surface area (Å²) < 4.78 is 24.5. The van der Waals surface area contributed by atoms with Crippen LogP contribution in [0.2, 0.25) is 18.1 Å². The lowest BCUT2D eigenvalue weighted by molar-refractivity contribution is -0.243. The molecule has 1 aliphatic rings. The van der Waals surface area contributed by atoms with Crippen LogP contribution in [0.3, 0.4) is 0 Å². The molecule has 0 bridgehead atoms. The maximum atomic E-state index is 12.2. The summed E-state index contributed by atoms with van der Waals surface area (Å²) in [5.41, 5.74) is 1.21. The molecule has 0 radical (unpaired) electrons. The molecule has 0 saturated carbocycles. The predicted octanol–water partition coefficient (Wildman–Crippen LogP) is 5.34. The van der Waals surface area contributed by atoms with Gasteiger partial charge in [0.25, 0.3) is 0 Å². The van der Waals surface area contributed by atoms with Crippen molar-refractivity contribution >= 4 is 31.9 Å². The molecule has 1 aromatic rings. The van der Waals surface area contributed by atoms with Crippen LogP contribution in [0.15, 0.2) is 18.2 Å². The number of hydrogen-bond acceptors (Lipinski definition) is 7. The molecule has 1 amide bonds. The first-order valence-corrected chi connectivity index (χ1v) is 15.7. The van der Waals surface area contributed by atoms with Crippen LogP contribution in [0.25, 0.3) is 0 Å². The molecule has 37 heavy (non-hydrogen) atoms. The Kier molecular flexibility index (Phi) is 10.3. The minimum Gasteiger partial charge on any atom is -0.481 e. The molecule has 9 nitrogen and oxygen atoms in total. The van der Waals surface area contributed by atoms with Crippen LogP contribution in [0.1, 0.15) is 66.9 Å². The maximum absolute atomic E-state index is 12.2. The number of carboxylic acids is 1. The topological polar surface area (TPSA) is 120 Å². The second-order valence-electron chi connectivity index (χ2n) is 11.4. The largest absolute Gasteiger partial charge is 0.481 e. The summed E-state index contributed by atoms with van der Waals surface area (Å²) in [6.45, 7) is 18.4. The molecule has 0 aliphatic carbocycles. The molecular formula is C27H43NO8Si. The average Bonchev–Trinajstić information content (AvgIpc) is 2.77. The van der Waals surface area contributed by atoms with E-state index in [4.69, 9.17) is 23.7 Å². The monoisotopic (exact) mass is 537 g/mol. The fourth-order valence-corrected chi connectivity index (χ4v) is 4.71. The molecule has 1 aliphatic heterocycles. The summed E-state index contributed by atoms with van der Waals surface area (Å²) in [5.74, 6) is -1.16. The van der Waals surface area contributed by atoms with Crippen LogP contribution >= 0.6 is 0 Å². The van der Waals surface area contributed by atoms with Gasteiger partial charge in [0.15, 0.2) is 14.4 Å². The van der Waals surface area contributed by atoms with Gasteiger partial charge in [-0.1, -0.05) is 34.6 Å². The van der Waals surface area contributed by atoms with Crippen molar-refractivity contribution in [3.8, 4) is 5.75 Å². The SMILES string of the molecule is CC(=O)O[C@H]1C(C)[C@H](C)C(C)O[C@H]1Oc1ccc(NC(=O)CCC(=O)O)cc1CO[Si](C)(C)C(C)(C)C. The Morgan fingerprint density at radius 3 is 2.30 bits per heavy atom. The fourth-order valence-electron chi connectivity index (χ4n) is 3.77. The maximum Gasteiger partial charge on any atom is 0.303 e. The van der Waals surface area contributed by atoms with Gasteiger partial charge in [-0.3, -0.25) is 14.4 Å². The van der Waals surface area contributed by atoms with Crippen LogP contribution in [-0.2, 0) is 34.9 Å². The molecule has 1 saturated heterocycles. The first-order chi connectivity index (χ1) is 17.0. The van der Waals surface area contributed by atoms with Crippen molar-refractivity contribution in [2.45, 2.75) is 105 Å². The lowest BCUT2D eigenvalue weighted by Gasteiger charge is -2.42. The number of carbonyl (C=O) groups excluding carboxylic acids is 2. The van der Waals surface area contributed by atoms with Gasteiger partial charge in [-0.25, -0.2) is 0 Å². The van der Waals surface area contributed by atoms with Gasteiger partial charge in [0.05, 0.1) is 19.1 Å². The van der Waals surface area contributed by atoms with E-state index in [0.29, 0.717) is 17.0 Å². The highest BCUT2D eigenvalue weighted by atomic mass is 28.4. The molecule has 1 fully saturated rings. The molecule has 10 heteroatoms. The summed E-state index contributed by atoms with van der Waals surface area (Å²) in [5, 5.41) is 11.6. The van der Waals surface area contributed by atoms with E-state index in [-0.39, 0.29) is 42.4 Å². The van der Waals surface area contributed by atoms with E-state index in [2.05, 4.69) is 46.1 Å². The van der Waals surface area contributed by atoms with Crippen LogP contribution in [0.5, 0.6) is 5.75 Å². The second kappa shape index (κ2) is 12.4. The van der Waals surface area contributed by atoms with Gasteiger partial charge in [-0.15, -0.1) is 0 Å². The number of benzene rings is 1. The van der Waals surface area contributed by atoms with Crippen LogP contribution in [-0.4, -0.2) is 49.8 Å². The zero-order valence-electron chi connectivity index (χ0n) is 23.5. The van der Waals surface area contributed by atoms with E-state index >= 15 is 0 Å². The Balaban J connectivity index is 2.36. The van der Waals surface area contributed by atoms with Crippen molar-refractivity contribution < 1.29 is 38.1 Å². The first kappa shape index (κ1) is 30.8. The summed E-state index contributed by atoms with van der Waals surface area (Å²) in [4.78, 5) is 34.9. The van der Waals surface area contributed by atoms with Crippen molar-refractivity contribution in [3.63, 3.8) is 0 Å². The zero-order valence-corrected chi connectivity index (χ0v) is 24.5. The molecule has 0 aromatic heterocycles. The molecule has 1 heterocycles. The van der Waals surface area contributed by atoms with Crippen LogP contribution < -0.4 is 10.1 Å². The van der Waals surface area contributed by atoms with Crippen molar-refractivity contribution in [2.24, 2.45) is 11.8 Å². The molecule has 1 aromatic carbocycles. The highest BCUT2D eigenvalue weighted by molar-refractivity contribution is 6.74. The second-order valence-corrected chi connectivity index (χ2v) is 16.2. The average molecular weight is 538 g/mol. The molecule has 0 spiro atoms. The van der Waals surface area contributed by atoms with Gasteiger partial charge in [0.2, 0.25) is 12.2 Å². The minimum absolute atomic E-state index is 0.00934. The Bertz CT molecular complexity index is 974. The van der Waals surface area contributed by atoms with E-state index in [1.54, 1.807) is 18.2 Å². The Morgan fingerprint density at radius 1 is 1.08 bits per heavy atom. The fraction of sp³-hybridized carbons (Fsp3) is 0.667. The summed E-state index contributed by atoms with van der Waals surface area (Å²) in [6, 6.07) is 5.17. The van der Waals surface area contributed by atoms with Crippen molar-refractivity contribution in [1.29, 1.82) is 0 Å². The number of esters is 1. The van der Waals surface area contributed by atoms with Crippen molar-refractivity contribution in [1.82, 2.24) is 0 Å². The van der Waals surface area contributed by atoms with Crippen molar-refractivity contribution in [3.05, 3.63) is 23.8 Å². The Morgan fingerprint density at radius 2 is 1.73 bits per heavy atom. The van der Waals surface area contributed by atoms with E-state index in [1.807, 2.05) is 13.8 Å².